The maximum Gasteiger partial charge on any atom is 0.220 e. The Bertz CT molecular complexity index is 1260. The number of aldehydes is 1. The molecule has 6 rings (SSSR count). The fourth-order valence-corrected chi connectivity index (χ4v) is 6.38. The van der Waals surface area contributed by atoms with Crippen LogP contribution in [0.2, 0.25) is 0 Å². The minimum atomic E-state index is -0.176. The highest BCUT2D eigenvalue weighted by molar-refractivity contribution is 5.82. The Morgan fingerprint density at radius 3 is 2.37 bits per heavy atom. The third-order valence-electron chi connectivity index (χ3n) is 8.44. The second-order valence-corrected chi connectivity index (χ2v) is 11.7. The normalized spacial score (nSPS) is 18.6. The summed E-state index contributed by atoms with van der Waals surface area (Å²) in [6.45, 7) is 14.5. The standard InChI is InChI=1S/C18H29N3.C12H13N5O.C2H6/c1-19-17-7-5-16(6-8-17)15-20-13-9-18(10-14-20)21-11-3-2-4-12-21;1-12(2)3-6-4-14-11(13)15-9(6)10-8(12)7(5-18)16-17-10;1-2/h5-8,18-19H,2-4,9-15H2,1H3;4-5H,3H2,1-2H3,(H,16,17)(H2,13,14,15);1-2H3. The highest BCUT2D eigenvalue weighted by atomic mass is 16.1. The molecule has 2 fully saturated rings. The first-order valence-electron chi connectivity index (χ1n) is 15.3. The number of carbonyl (C=O) groups excluding carboxylic acids is 1. The number of aromatic amines is 1. The van der Waals surface area contributed by atoms with Gasteiger partial charge in [0.2, 0.25) is 5.95 Å². The molecule has 0 radical (unpaired) electrons. The van der Waals surface area contributed by atoms with E-state index in [-0.39, 0.29) is 11.4 Å². The number of H-pyrrole nitrogens is 1. The first-order chi connectivity index (χ1) is 19.9. The minimum Gasteiger partial charge on any atom is -0.388 e. The van der Waals surface area contributed by atoms with Gasteiger partial charge < -0.3 is 16.0 Å². The number of hydrogen-bond donors (Lipinski definition) is 3. The van der Waals surface area contributed by atoms with Crippen molar-refractivity contribution in [1.82, 2.24) is 30.0 Å². The van der Waals surface area contributed by atoms with Crippen molar-refractivity contribution in [1.29, 1.82) is 0 Å². The zero-order valence-corrected chi connectivity index (χ0v) is 25.5. The summed E-state index contributed by atoms with van der Waals surface area (Å²) in [6, 6.07) is 9.71. The number of aromatic nitrogens is 4. The molecular formula is C32H48N8O. The highest BCUT2D eigenvalue weighted by Gasteiger charge is 2.36. The number of likely N-dealkylation sites (tertiary alicyclic amines) is 2. The first-order valence-corrected chi connectivity index (χ1v) is 15.3. The predicted molar refractivity (Wildman–Crippen MR) is 167 cm³/mol. The van der Waals surface area contributed by atoms with E-state index in [2.05, 4.69) is 73.4 Å². The summed E-state index contributed by atoms with van der Waals surface area (Å²) >= 11 is 0. The van der Waals surface area contributed by atoms with Gasteiger partial charge in [-0.25, -0.2) is 9.97 Å². The Labute approximate surface area is 245 Å². The van der Waals surface area contributed by atoms with Crippen molar-refractivity contribution in [3.8, 4) is 11.4 Å². The summed E-state index contributed by atoms with van der Waals surface area (Å²) in [4.78, 5) is 24.7. The number of hydrogen-bond acceptors (Lipinski definition) is 8. The maximum absolute atomic E-state index is 11.1. The number of piperidine rings is 2. The van der Waals surface area contributed by atoms with Gasteiger partial charge in [0.05, 0.1) is 5.69 Å². The largest absolute Gasteiger partial charge is 0.388 e. The van der Waals surface area contributed by atoms with Crippen molar-refractivity contribution < 1.29 is 4.79 Å². The third kappa shape index (κ3) is 7.32. The van der Waals surface area contributed by atoms with Crippen LogP contribution in [0.1, 0.15) is 87.0 Å². The number of nitrogens with one attached hydrogen (secondary N) is 2. The zero-order chi connectivity index (χ0) is 29.4. The molecule has 0 spiro atoms. The molecule has 41 heavy (non-hydrogen) atoms. The lowest BCUT2D eigenvalue weighted by Gasteiger charge is -2.40. The topological polar surface area (TPSA) is 116 Å². The molecule has 1 aliphatic carbocycles. The van der Waals surface area contributed by atoms with Gasteiger partial charge in [0.25, 0.3) is 0 Å². The van der Waals surface area contributed by atoms with Crippen LogP contribution in [0.3, 0.4) is 0 Å². The second-order valence-electron chi connectivity index (χ2n) is 11.7. The third-order valence-corrected chi connectivity index (χ3v) is 8.44. The minimum absolute atomic E-state index is 0.176. The molecule has 0 bridgehead atoms. The molecule has 2 aliphatic heterocycles. The van der Waals surface area contributed by atoms with Crippen molar-refractivity contribution in [2.75, 3.05) is 44.3 Å². The molecule has 4 heterocycles. The molecule has 3 aromatic rings. The molecule has 0 saturated carbocycles. The van der Waals surface area contributed by atoms with Gasteiger partial charge in [0, 0.05) is 37.1 Å². The molecule has 3 aliphatic rings. The van der Waals surface area contributed by atoms with Crippen LogP contribution in [-0.4, -0.2) is 75.5 Å². The Hall–Kier alpha value is -3.30. The Morgan fingerprint density at radius 2 is 1.73 bits per heavy atom. The van der Waals surface area contributed by atoms with E-state index in [1.807, 2.05) is 20.9 Å². The number of fused-ring (bicyclic) bond motifs is 3. The highest BCUT2D eigenvalue weighted by Crippen LogP contribution is 2.42. The fraction of sp³-hybridized carbons (Fsp3) is 0.562. The van der Waals surface area contributed by atoms with Crippen LogP contribution >= 0.6 is 0 Å². The number of benzene rings is 1. The molecule has 1 aromatic carbocycles. The quantitative estimate of drug-likeness (QED) is 0.360. The van der Waals surface area contributed by atoms with E-state index < -0.39 is 0 Å². The van der Waals surface area contributed by atoms with Crippen molar-refractivity contribution in [3.05, 3.63) is 52.8 Å². The smallest absolute Gasteiger partial charge is 0.220 e. The van der Waals surface area contributed by atoms with Gasteiger partial charge in [-0.1, -0.05) is 46.2 Å². The summed E-state index contributed by atoms with van der Waals surface area (Å²) in [5, 5.41) is 10.1. The van der Waals surface area contributed by atoms with Crippen molar-refractivity contribution in [2.45, 2.75) is 84.2 Å². The van der Waals surface area contributed by atoms with E-state index in [1.165, 1.54) is 69.5 Å². The lowest BCUT2D eigenvalue weighted by atomic mass is 9.73. The summed E-state index contributed by atoms with van der Waals surface area (Å²) in [5.41, 5.74) is 11.9. The van der Waals surface area contributed by atoms with Gasteiger partial charge in [0.15, 0.2) is 6.29 Å². The number of carbonyl (C=O) groups is 1. The van der Waals surface area contributed by atoms with Crippen LogP contribution in [0.15, 0.2) is 30.5 Å². The van der Waals surface area contributed by atoms with E-state index in [1.54, 1.807) is 6.20 Å². The summed E-state index contributed by atoms with van der Waals surface area (Å²) in [6.07, 6.45) is 10.3. The van der Waals surface area contributed by atoms with Crippen LogP contribution in [0, 0.1) is 0 Å². The molecule has 0 unspecified atom stereocenters. The van der Waals surface area contributed by atoms with E-state index in [9.17, 15) is 4.79 Å². The number of anilines is 2. The molecule has 9 heteroatoms. The Kier molecular flexibility index (Phi) is 10.5. The Morgan fingerprint density at radius 1 is 1.05 bits per heavy atom. The van der Waals surface area contributed by atoms with E-state index >= 15 is 0 Å². The molecule has 9 nitrogen and oxygen atoms in total. The zero-order valence-electron chi connectivity index (χ0n) is 25.5. The van der Waals surface area contributed by atoms with Crippen molar-refractivity contribution in [3.63, 3.8) is 0 Å². The van der Waals surface area contributed by atoms with Gasteiger partial charge in [-0.05, 0) is 87.0 Å². The SMILES string of the molecule is CC.CC1(C)Cc2cnc(N)nc2-c2n[nH]c(C=O)c21.CNc1ccc(CN2CCC(N3CCCCC3)CC2)cc1. The number of nitrogens with two attached hydrogens (primary N) is 1. The monoisotopic (exact) mass is 560 g/mol. The molecule has 4 N–H and O–H groups in total. The molecule has 2 aromatic heterocycles. The lowest BCUT2D eigenvalue weighted by Crippen LogP contribution is -2.46. The average Bonchev–Trinajstić information content (AvgIpc) is 3.46. The first kappa shape index (κ1) is 30.7. The fourth-order valence-electron chi connectivity index (χ4n) is 6.38. The van der Waals surface area contributed by atoms with Crippen LogP contribution in [0.4, 0.5) is 11.6 Å². The molecule has 0 atom stereocenters. The van der Waals surface area contributed by atoms with Gasteiger partial charge in [-0.2, -0.15) is 5.10 Å². The Balaban J connectivity index is 0.000000180. The maximum atomic E-state index is 11.1. The number of nitrogens with zero attached hydrogens (tertiary/aromatic N) is 5. The van der Waals surface area contributed by atoms with Crippen LogP contribution in [0.25, 0.3) is 11.4 Å². The van der Waals surface area contributed by atoms with E-state index in [0.29, 0.717) is 11.4 Å². The molecule has 0 amide bonds. The van der Waals surface area contributed by atoms with Crippen LogP contribution < -0.4 is 11.1 Å². The summed E-state index contributed by atoms with van der Waals surface area (Å²) < 4.78 is 0. The number of nitrogen functional groups attached to an aromatic ring is 1. The van der Waals surface area contributed by atoms with Gasteiger partial charge in [-0.15, -0.1) is 0 Å². The van der Waals surface area contributed by atoms with Crippen LogP contribution in [0.5, 0.6) is 0 Å². The molecule has 222 valence electrons. The second kappa shape index (κ2) is 14.0. The van der Waals surface area contributed by atoms with Crippen molar-refractivity contribution in [2.24, 2.45) is 0 Å². The van der Waals surface area contributed by atoms with E-state index in [4.69, 9.17) is 5.73 Å². The predicted octanol–water partition coefficient (Wildman–Crippen LogP) is 5.30. The van der Waals surface area contributed by atoms with Gasteiger partial charge in [-0.3, -0.25) is 14.8 Å². The number of rotatable bonds is 5. The van der Waals surface area contributed by atoms with Gasteiger partial charge >= 0.3 is 0 Å². The molecular weight excluding hydrogens is 512 g/mol. The lowest BCUT2D eigenvalue weighted by molar-refractivity contribution is 0.0896. The van der Waals surface area contributed by atoms with Crippen molar-refractivity contribution >= 4 is 17.9 Å². The van der Waals surface area contributed by atoms with E-state index in [0.717, 1.165) is 42.1 Å². The summed E-state index contributed by atoms with van der Waals surface area (Å²) in [7, 11) is 1.97. The molecule has 2 saturated heterocycles. The van der Waals surface area contributed by atoms with Crippen LogP contribution in [-0.2, 0) is 18.4 Å². The average molecular weight is 561 g/mol. The summed E-state index contributed by atoms with van der Waals surface area (Å²) in [5.74, 6) is 0.218. The van der Waals surface area contributed by atoms with Gasteiger partial charge in [0.1, 0.15) is 11.4 Å².